The fourth-order valence-electron chi connectivity index (χ4n) is 3.31. The second-order valence-electron chi connectivity index (χ2n) is 7.38. The lowest BCUT2D eigenvalue weighted by atomic mass is 9.91. The molecule has 1 fully saturated rings. The summed E-state index contributed by atoms with van der Waals surface area (Å²) in [4.78, 5) is 36.2. The van der Waals surface area contributed by atoms with Gasteiger partial charge in [0.25, 0.3) is 0 Å². The average Bonchev–Trinajstić information content (AvgIpc) is 3.28. The Labute approximate surface area is 192 Å². The molecular formula is C22H22F3NO8. The van der Waals surface area contributed by atoms with Crippen LogP contribution in [0.2, 0.25) is 0 Å². The topological polar surface area (TPSA) is 120 Å². The van der Waals surface area contributed by atoms with E-state index in [4.69, 9.17) is 19.3 Å². The first-order valence-electron chi connectivity index (χ1n) is 10.2. The number of ether oxygens (including phenoxy) is 4. The Morgan fingerprint density at radius 3 is 2.59 bits per heavy atom. The maximum Gasteiger partial charge on any atom is 0.422 e. The van der Waals surface area contributed by atoms with Gasteiger partial charge in [-0.15, -0.1) is 0 Å². The molecule has 3 atom stereocenters. The van der Waals surface area contributed by atoms with Crippen molar-refractivity contribution in [1.29, 1.82) is 0 Å². The van der Waals surface area contributed by atoms with Crippen molar-refractivity contribution in [2.75, 3.05) is 26.6 Å². The zero-order valence-electron chi connectivity index (χ0n) is 17.7. The zero-order valence-corrected chi connectivity index (χ0v) is 17.7. The minimum absolute atomic E-state index is 0.0160. The van der Waals surface area contributed by atoms with E-state index in [0.717, 1.165) is 6.08 Å². The van der Waals surface area contributed by atoms with E-state index >= 15 is 0 Å². The molecule has 1 aromatic rings. The predicted molar refractivity (Wildman–Crippen MR) is 109 cm³/mol. The van der Waals surface area contributed by atoms with Crippen LogP contribution < -0.4 is 5.32 Å². The van der Waals surface area contributed by atoms with Crippen molar-refractivity contribution in [3.05, 3.63) is 53.1 Å². The molecule has 0 bridgehead atoms. The summed E-state index contributed by atoms with van der Waals surface area (Å²) in [5, 5.41) is 11.4. The van der Waals surface area contributed by atoms with Gasteiger partial charge < -0.3 is 29.4 Å². The van der Waals surface area contributed by atoms with Gasteiger partial charge in [-0.25, -0.2) is 9.59 Å². The molecule has 1 aliphatic carbocycles. The van der Waals surface area contributed by atoms with Crippen molar-refractivity contribution >= 4 is 23.9 Å². The molecule has 34 heavy (non-hydrogen) atoms. The SMILES string of the molecule is O=C(C=Cc1ccc(C(=O)O[C@@H]2CC(C(=O)NCCO)=C[C@H]3OCO[C@H]32)cc1)OCC(F)(F)F. The molecular weight excluding hydrogens is 463 g/mol. The molecule has 3 rings (SSSR count). The number of aliphatic hydroxyl groups excluding tert-OH is 1. The Bertz CT molecular complexity index is 958. The fourth-order valence-corrected chi connectivity index (χ4v) is 3.31. The van der Waals surface area contributed by atoms with Crippen LogP contribution in [0, 0.1) is 0 Å². The second kappa shape index (κ2) is 11.3. The highest BCUT2D eigenvalue weighted by atomic mass is 19.4. The highest BCUT2D eigenvalue weighted by molar-refractivity contribution is 5.94. The van der Waals surface area contributed by atoms with Gasteiger partial charge in [0, 0.05) is 24.6 Å². The van der Waals surface area contributed by atoms with Crippen LogP contribution in [0.4, 0.5) is 13.2 Å². The van der Waals surface area contributed by atoms with E-state index in [1.54, 1.807) is 6.08 Å². The lowest BCUT2D eigenvalue weighted by Gasteiger charge is -2.30. The van der Waals surface area contributed by atoms with Gasteiger partial charge in [-0.2, -0.15) is 13.2 Å². The van der Waals surface area contributed by atoms with E-state index in [9.17, 15) is 27.6 Å². The molecule has 1 aromatic carbocycles. The van der Waals surface area contributed by atoms with Gasteiger partial charge in [-0.05, 0) is 29.8 Å². The Balaban J connectivity index is 1.59. The molecule has 2 aliphatic rings. The highest BCUT2D eigenvalue weighted by Crippen LogP contribution is 2.30. The van der Waals surface area contributed by atoms with Crippen molar-refractivity contribution in [2.24, 2.45) is 0 Å². The summed E-state index contributed by atoms with van der Waals surface area (Å²) in [6.45, 7) is -1.84. The summed E-state index contributed by atoms with van der Waals surface area (Å²) in [7, 11) is 0. The molecule has 0 aromatic heterocycles. The van der Waals surface area contributed by atoms with Gasteiger partial charge >= 0.3 is 18.1 Å². The number of nitrogens with one attached hydrogen (secondary N) is 1. The van der Waals surface area contributed by atoms with E-state index in [2.05, 4.69) is 10.1 Å². The molecule has 0 unspecified atom stereocenters. The summed E-state index contributed by atoms with van der Waals surface area (Å²) in [6.07, 6.45) is -2.76. The first kappa shape index (κ1) is 25.4. The van der Waals surface area contributed by atoms with Gasteiger partial charge in [0.15, 0.2) is 6.61 Å². The fraction of sp³-hybridized carbons (Fsp3) is 0.409. The van der Waals surface area contributed by atoms with Gasteiger partial charge in [-0.3, -0.25) is 4.79 Å². The molecule has 1 heterocycles. The first-order valence-corrected chi connectivity index (χ1v) is 10.2. The van der Waals surface area contributed by atoms with Gasteiger partial charge in [0.2, 0.25) is 5.91 Å². The van der Waals surface area contributed by atoms with Crippen molar-refractivity contribution in [2.45, 2.75) is 30.9 Å². The zero-order chi connectivity index (χ0) is 24.7. The quantitative estimate of drug-likeness (QED) is 0.420. The van der Waals surface area contributed by atoms with Gasteiger partial charge in [-0.1, -0.05) is 12.1 Å². The molecule has 12 heteroatoms. The molecule has 1 saturated heterocycles. The lowest BCUT2D eigenvalue weighted by molar-refractivity contribution is -0.182. The van der Waals surface area contributed by atoms with Gasteiger partial charge in [0.05, 0.1) is 12.2 Å². The minimum atomic E-state index is -4.61. The number of fused-ring (bicyclic) bond motifs is 1. The first-order chi connectivity index (χ1) is 16.2. The van der Waals surface area contributed by atoms with Crippen LogP contribution in [0.15, 0.2) is 42.0 Å². The minimum Gasteiger partial charge on any atom is -0.456 e. The monoisotopic (exact) mass is 485 g/mol. The number of rotatable bonds is 8. The lowest BCUT2D eigenvalue weighted by Crippen LogP contribution is -2.43. The number of esters is 2. The number of aliphatic hydroxyl groups is 1. The second-order valence-corrected chi connectivity index (χ2v) is 7.38. The molecule has 0 saturated carbocycles. The van der Waals surface area contributed by atoms with Crippen molar-refractivity contribution in [1.82, 2.24) is 5.32 Å². The molecule has 1 aliphatic heterocycles. The van der Waals surface area contributed by atoms with E-state index in [1.165, 1.54) is 30.3 Å². The molecule has 2 N–H and O–H groups in total. The normalized spacial score (nSPS) is 22.1. The standard InChI is InChI=1S/C22H22F3NO8/c23-22(24,25)11-31-18(28)6-3-13-1-4-14(5-2-13)21(30)34-17-10-15(20(29)26-7-8-27)9-16-19(17)33-12-32-16/h1-6,9,16-17,19,27H,7-8,10-12H2,(H,26,29)/t16-,17-,19-/m1/s1. The van der Waals surface area contributed by atoms with E-state index in [-0.39, 0.29) is 31.9 Å². The summed E-state index contributed by atoms with van der Waals surface area (Å²) >= 11 is 0. The van der Waals surface area contributed by atoms with Crippen molar-refractivity contribution < 1.29 is 51.6 Å². The number of halogens is 3. The number of carbonyl (C=O) groups is 3. The largest absolute Gasteiger partial charge is 0.456 e. The van der Waals surface area contributed by atoms with E-state index in [1.807, 2.05) is 0 Å². The maximum atomic E-state index is 12.6. The average molecular weight is 485 g/mol. The highest BCUT2D eigenvalue weighted by Gasteiger charge is 2.42. The van der Waals surface area contributed by atoms with Crippen LogP contribution in [-0.4, -0.2) is 74.0 Å². The molecule has 184 valence electrons. The third kappa shape index (κ3) is 7.14. The van der Waals surface area contributed by atoms with Crippen molar-refractivity contribution in [3.63, 3.8) is 0 Å². The van der Waals surface area contributed by atoms with Crippen LogP contribution in [0.1, 0.15) is 22.3 Å². The van der Waals surface area contributed by atoms with Crippen LogP contribution in [-0.2, 0) is 28.5 Å². The van der Waals surface area contributed by atoms with Crippen LogP contribution in [0.3, 0.4) is 0 Å². The van der Waals surface area contributed by atoms with Crippen LogP contribution in [0.25, 0.3) is 6.08 Å². The van der Waals surface area contributed by atoms with Gasteiger partial charge in [0.1, 0.15) is 25.1 Å². The third-order valence-electron chi connectivity index (χ3n) is 4.88. The number of hydrogen-bond donors (Lipinski definition) is 2. The summed E-state index contributed by atoms with van der Waals surface area (Å²) in [6, 6.07) is 5.77. The Morgan fingerprint density at radius 1 is 1.18 bits per heavy atom. The Hall–Kier alpha value is -3.22. The smallest absolute Gasteiger partial charge is 0.422 e. The number of hydrogen-bond acceptors (Lipinski definition) is 8. The number of amides is 1. The molecule has 9 nitrogen and oxygen atoms in total. The molecule has 1 amide bonds. The number of alkyl halides is 3. The van der Waals surface area contributed by atoms with E-state index in [0.29, 0.717) is 11.1 Å². The number of benzene rings is 1. The predicted octanol–water partition coefficient (Wildman–Crippen LogP) is 1.51. The summed E-state index contributed by atoms with van der Waals surface area (Å²) < 4.78 is 56.7. The Morgan fingerprint density at radius 2 is 1.91 bits per heavy atom. The molecule has 0 spiro atoms. The number of carbonyl (C=O) groups excluding carboxylic acids is 3. The third-order valence-corrected chi connectivity index (χ3v) is 4.88. The van der Waals surface area contributed by atoms with Crippen LogP contribution in [0.5, 0.6) is 0 Å². The summed E-state index contributed by atoms with van der Waals surface area (Å²) in [5.74, 6) is -2.25. The Kier molecular flexibility index (Phi) is 8.42. The molecule has 0 radical (unpaired) electrons. The van der Waals surface area contributed by atoms with Crippen molar-refractivity contribution in [3.8, 4) is 0 Å². The van der Waals surface area contributed by atoms with Crippen LogP contribution >= 0.6 is 0 Å². The maximum absolute atomic E-state index is 12.6. The van der Waals surface area contributed by atoms with E-state index < -0.39 is 48.9 Å². The summed E-state index contributed by atoms with van der Waals surface area (Å²) in [5.41, 5.74) is 0.959.